The van der Waals surface area contributed by atoms with Gasteiger partial charge in [0.1, 0.15) is 0 Å². The first kappa shape index (κ1) is 11.4. The average Bonchev–Trinajstić information content (AvgIpc) is 2.46. The van der Waals surface area contributed by atoms with E-state index in [1.54, 1.807) is 0 Å². The zero-order valence-electron chi connectivity index (χ0n) is 10.00. The molecule has 2 rings (SSSR count). The van der Waals surface area contributed by atoms with E-state index in [9.17, 15) is 0 Å². The maximum Gasteiger partial charge on any atom is 0.0919 e. The van der Waals surface area contributed by atoms with E-state index in [1.165, 1.54) is 25.7 Å². The molecule has 0 aromatic heterocycles. The highest BCUT2D eigenvalue weighted by atomic mass is 16.7. The molecule has 0 unspecified atom stereocenters. The molecule has 1 heterocycles. The van der Waals surface area contributed by atoms with Crippen LogP contribution in [0.5, 0.6) is 0 Å². The van der Waals surface area contributed by atoms with Crippen molar-refractivity contribution >= 4 is 0 Å². The van der Waals surface area contributed by atoms with Crippen LogP contribution in [0.25, 0.3) is 0 Å². The molecule has 1 aliphatic heterocycles. The van der Waals surface area contributed by atoms with Gasteiger partial charge < -0.3 is 4.74 Å². The Balaban J connectivity index is 1.83. The van der Waals surface area contributed by atoms with Crippen molar-refractivity contribution in [3.8, 4) is 0 Å². The monoisotopic (exact) mass is 213 g/mol. The van der Waals surface area contributed by atoms with E-state index in [4.69, 9.17) is 9.57 Å². The van der Waals surface area contributed by atoms with Gasteiger partial charge in [-0.05, 0) is 31.1 Å². The van der Waals surface area contributed by atoms with Crippen LogP contribution in [-0.2, 0) is 9.57 Å². The van der Waals surface area contributed by atoms with E-state index in [1.807, 2.05) is 0 Å². The highest BCUT2D eigenvalue weighted by Crippen LogP contribution is 2.36. The molecule has 0 aromatic carbocycles. The molecule has 88 valence electrons. The van der Waals surface area contributed by atoms with Crippen LogP contribution in [0.1, 0.15) is 39.5 Å². The fraction of sp³-hybridized carbons (Fsp3) is 1.00. The molecule has 1 saturated carbocycles. The number of rotatable bonds is 1. The predicted octanol–water partition coefficient (Wildman–Crippen LogP) is 2.22. The third-order valence-electron chi connectivity index (χ3n) is 3.66. The molecule has 1 aliphatic carbocycles. The Bertz CT molecular complexity index is 188. The Kier molecular flexibility index (Phi) is 3.65. The van der Waals surface area contributed by atoms with Gasteiger partial charge in [0.25, 0.3) is 0 Å². The third-order valence-corrected chi connectivity index (χ3v) is 3.66. The molecule has 2 aliphatic rings. The summed E-state index contributed by atoms with van der Waals surface area (Å²) < 4.78 is 5.39. The first-order chi connectivity index (χ1) is 7.17. The van der Waals surface area contributed by atoms with Gasteiger partial charge in [-0.2, -0.15) is 5.06 Å². The number of hydrogen-bond acceptors (Lipinski definition) is 3. The molecule has 3 nitrogen and oxygen atoms in total. The van der Waals surface area contributed by atoms with Crippen molar-refractivity contribution < 1.29 is 9.57 Å². The summed E-state index contributed by atoms with van der Waals surface area (Å²) in [4.78, 5) is 5.72. The van der Waals surface area contributed by atoms with Crippen LogP contribution in [0.3, 0.4) is 0 Å². The van der Waals surface area contributed by atoms with Gasteiger partial charge in [-0.1, -0.05) is 13.8 Å². The minimum absolute atomic E-state index is 0.541. The standard InChI is InChI=1S/C12H23NO2/c1-12(2)5-3-11(4-6-12)13-7-8-14-9-10-15-13/h11H,3-10H2,1-2H3. The van der Waals surface area contributed by atoms with E-state index in [0.717, 1.165) is 26.4 Å². The predicted molar refractivity (Wildman–Crippen MR) is 59.5 cm³/mol. The minimum atomic E-state index is 0.541. The quantitative estimate of drug-likeness (QED) is 0.666. The van der Waals surface area contributed by atoms with Gasteiger partial charge >= 0.3 is 0 Å². The number of hydrogen-bond donors (Lipinski definition) is 0. The van der Waals surface area contributed by atoms with Crippen LogP contribution < -0.4 is 0 Å². The van der Waals surface area contributed by atoms with Gasteiger partial charge in [-0.3, -0.25) is 4.84 Å². The summed E-state index contributed by atoms with van der Waals surface area (Å²) in [7, 11) is 0. The summed E-state index contributed by atoms with van der Waals surface area (Å²) in [6, 6.07) is 0.625. The molecule has 0 radical (unpaired) electrons. The lowest BCUT2D eigenvalue weighted by molar-refractivity contribution is -0.185. The molecule has 0 bridgehead atoms. The molecule has 0 N–H and O–H groups in total. The molecule has 0 atom stereocenters. The number of hydroxylamine groups is 2. The van der Waals surface area contributed by atoms with Gasteiger partial charge in [0.05, 0.1) is 19.8 Å². The molecule has 1 saturated heterocycles. The van der Waals surface area contributed by atoms with Crippen molar-refractivity contribution in [2.24, 2.45) is 5.41 Å². The smallest absolute Gasteiger partial charge is 0.0919 e. The molecule has 0 aromatic rings. The average molecular weight is 213 g/mol. The first-order valence-electron chi connectivity index (χ1n) is 6.15. The summed E-state index contributed by atoms with van der Waals surface area (Å²) in [6.07, 6.45) is 5.18. The minimum Gasteiger partial charge on any atom is -0.378 e. The molecular weight excluding hydrogens is 190 g/mol. The van der Waals surface area contributed by atoms with Crippen LogP contribution in [0.15, 0.2) is 0 Å². The number of nitrogens with zero attached hydrogens (tertiary/aromatic N) is 1. The van der Waals surface area contributed by atoms with Crippen LogP contribution in [0, 0.1) is 5.41 Å². The van der Waals surface area contributed by atoms with Crippen molar-refractivity contribution in [1.29, 1.82) is 0 Å². The molecule has 3 heteroatoms. The normalized spacial score (nSPS) is 30.0. The Morgan fingerprint density at radius 2 is 1.80 bits per heavy atom. The zero-order valence-corrected chi connectivity index (χ0v) is 10.00. The van der Waals surface area contributed by atoms with Crippen molar-refractivity contribution in [3.63, 3.8) is 0 Å². The second-order valence-electron chi connectivity index (χ2n) is 5.48. The lowest BCUT2D eigenvalue weighted by Crippen LogP contribution is -2.40. The van der Waals surface area contributed by atoms with E-state index in [2.05, 4.69) is 18.9 Å². The second kappa shape index (κ2) is 4.81. The summed E-state index contributed by atoms with van der Waals surface area (Å²) >= 11 is 0. The van der Waals surface area contributed by atoms with Gasteiger partial charge in [0, 0.05) is 12.6 Å². The Hall–Kier alpha value is -0.120. The lowest BCUT2D eigenvalue weighted by Gasteiger charge is -2.38. The fourth-order valence-corrected chi connectivity index (χ4v) is 2.49. The summed E-state index contributed by atoms with van der Waals surface area (Å²) in [6.45, 7) is 7.96. The highest BCUT2D eigenvalue weighted by Gasteiger charge is 2.30. The molecule has 0 amide bonds. The molecular formula is C12H23NO2. The van der Waals surface area contributed by atoms with Crippen LogP contribution >= 0.6 is 0 Å². The van der Waals surface area contributed by atoms with Crippen LogP contribution in [0.4, 0.5) is 0 Å². The third kappa shape index (κ3) is 3.16. The van der Waals surface area contributed by atoms with Gasteiger partial charge in [-0.25, -0.2) is 0 Å². The van der Waals surface area contributed by atoms with Crippen molar-refractivity contribution in [3.05, 3.63) is 0 Å². The van der Waals surface area contributed by atoms with E-state index in [0.29, 0.717) is 11.5 Å². The number of ether oxygens (including phenoxy) is 1. The summed E-state index contributed by atoms with van der Waals surface area (Å²) in [5.74, 6) is 0. The molecule has 2 fully saturated rings. The van der Waals surface area contributed by atoms with Crippen molar-refractivity contribution in [2.75, 3.05) is 26.4 Å². The summed E-state index contributed by atoms with van der Waals surface area (Å²) in [5, 5.41) is 2.17. The van der Waals surface area contributed by atoms with Gasteiger partial charge in [0.15, 0.2) is 0 Å². The highest BCUT2D eigenvalue weighted by molar-refractivity contribution is 4.82. The van der Waals surface area contributed by atoms with E-state index >= 15 is 0 Å². The fourth-order valence-electron chi connectivity index (χ4n) is 2.49. The zero-order chi connectivity index (χ0) is 10.7. The van der Waals surface area contributed by atoms with Crippen LogP contribution in [0.2, 0.25) is 0 Å². The Morgan fingerprint density at radius 1 is 1.07 bits per heavy atom. The van der Waals surface area contributed by atoms with Gasteiger partial charge in [-0.15, -0.1) is 0 Å². The van der Waals surface area contributed by atoms with Crippen molar-refractivity contribution in [2.45, 2.75) is 45.6 Å². The summed E-state index contributed by atoms with van der Waals surface area (Å²) in [5.41, 5.74) is 0.541. The largest absolute Gasteiger partial charge is 0.378 e. The van der Waals surface area contributed by atoms with Crippen LogP contribution in [-0.4, -0.2) is 37.5 Å². The second-order valence-corrected chi connectivity index (χ2v) is 5.48. The maximum absolute atomic E-state index is 5.72. The SMILES string of the molecule is CC1(C)CCC(N2CCOCCO2)CC1. The Labute approximate surface area is 92.7 Å². The van der Waals surface area contributed by atoms with E-state index in [-0.39, 0.29) is 0 Å². The molecule has 15 heavy (non-hydrogen) atoms. The molecule has 0 spiro atoms. The van der Waals surface area contributed by atoms with Gasteiger partial charge in [0.2, 0.25) is 0 Å². The maximum atomic E-state index is 5.72. The lowest BCUT2D eigenvalue weighted by atomic mass is 9.75. The Morgan fingerprint density at radius 3 is 2.53 bits per heavy atom. The topological polar surface area (TPSA) is 21.7 Å². The first-order valence-corrected chi connectivity index (χ1v) is 6.15. The van der Waals surface area contributed by atoms with Crippen molar-refractivity contribution in [1.82, 2.24) is 5.06 Å². The van der Waals surface area contributed by atoms with E-state index < -0.39 is 0 Å².